The van der Waals surface area contributed by atoms with Crippen LogP contribution in [0.2, 0.25) is 0 Å². The van der Waals surface area contributed by atoms with Crippen molar-refractivity contribution in [3.05, 3.63) is 48.3 Å². The maximum absolute atomic E-state index is 12.7. The molecule has 0 radical (unpaired) electrons. The minimum Gasteiger partial charge on any atom is -0.310 e. The largest absolute Gasteiger partial charge is 0.310 e. The molecule has 0 heterocycles. The Hall–Kier alpha value is -1.15. The molecule has 1 unspecified atom stereocenters. The van der Waals surface area contributed by atoms with Gasteiger partial charge in [-0.3, -0.25) is 0 Å². The van der Waals surface area contributed by atoms with Crippen LogP contribution in [0.1, 0.15) is 44.2 Å². The smallest absolute Gasteiger partial charge is 0.123 e. The summed E-state index contributed by atoms with van der Waals surface area (Å²) in [5.41, 5.74) is 1.14. The Kier molecular flexibility index (Phi) is 6.56. The Bertz CT molecular complexity index is 318. The molecule has 0 aliphatic heterocycles. The van der Waals surface area contributed by atoms with Gasteiger partial charge in [0.25, 0.3) is 0 Å². The molecule has 0 spiro atoms. The predicted molar refractivity (Wildman–Crippen MR) is 71.5 cm³/mol. The number of hydrogen-bond donors (Lipinski definition) is 1. The summed E-state index contributed by atoms with van der Waals surface area (Å²) in [6, 6.07) is 6.99. The maximum atomic E-state index is 12.7. The van der Waals surface area contributed by atoms with Gasteiger partial charge in [0.15, 0.2) is 0 Å². The quantitative estimate of drug-likeness (QED) is 0.525. The molecule has 1 aromatic rings. The van der Waals surface area contributed by atoms with Crippen molar-refractivity contribution in [1.82, 2.24) is 5.32 Å². The summed E-state index contributed by atoms with van der Waals surface area (Å²) in [5.74, 6) is -0.176. The monoisotopic (exact) mass is 235 g/mol. The van der Waals surface area contributed by atoms with Crippen LogP contribution in [0.3, 0.4) is 0 Å². The molecule has 0 amide bonds. The van der Waals surface area contributed by atoms with E-state index < -0.39 is 0 Å². The van der Waals surface area contributed by atoms with E-state index in [0.717, 1.165) is 18.5 Å². The van der Waals surface area contributed by atoms with Gasteiger partial charge in [-0.2, -0.15) is 0 Å². The number of halogens is 1. The highest BCUT2D eigenvalue weighted by atomic mass is 19.1. The fourth-order valence-corrected chi connectivity index (χ4v) is 1.78. The number of allylic oxidation sites excluding steroid dienone is 1. The van der Waals surface area contributed by atoms with Crippen LogP contribution in [0.25, 0.3) is 0 Å². The van der Waals surface area contributed by atoms with Gasteiger partial charge in [0.05, 0.1) is 0 Å². The Balaban J connectivity index is 2.18. The van der Waals surface area contributed by atoms with Gasteiger partial charge in [-0.05, 0) is 50.4 Å². The van der Waals surface area contributed by atoms with E-state index in [1.807, 2.05) is 18.2 Å². The molecule has 1 atom stereocenters. The average Bonchev–Trinajstić information content (AvgIpc) is 2.34. The molecule has 0 bridgehead atoms. The van der Waals surface area contributed by atoms with Crippen LogP contribution in [-0.4, -0.2) is 6.54 Å². The van der Waals surface area contributed by atoms with Gasteiger partial charge in [-0.15, -0.1) is 6.58 Å². The zero-order valence-electron chi connectivity index (χ0n) is 10.6. The Labute approximate surface area is 104 Å². The second-order valence-corrected chi connectivity index (χ2v) is 4.37. The lowest BCUT2D eigenvalue weighted by Crippen LogP contribution is -2.19. The molecule has 94 valence electrons. The van der Waals surface area contributed by atoms with E-state index in [2.05, 4.69) is 18.8 Å². The molecule has 0 aliphatic carbocycles. The molecule has 0 fully saturated rings. The third-order valence-corrected chi connectivity index (χ3v) is 2.91. The summed E-state index contributed by atoms with van der Waals surface area (Å²) in [5, 5.41) is 3.45. The Morgan fingerprint density at radius 3 is 2.59 bits per heavy atom. The second-order valence-electron chi connectivity index (χ2n) is 4.37. The highest BCUT2D eigenvalue weighted by Gasteiger charge is 2.03. The SMILES string of the molecule is C=CCCCCCNC(C)c1ccc(F)cc1. The van der Waals surface area contributed by atoms with Gasteiger partial charge >= 0.3 is 0 Å². The molecule has 1 aromatic carbocycles. The number of rotatable bonds is 8. The standard InChI is InChI=1S/C15H22FN/c1-3-4-5-6-7-12-17-13(2)14-8-10-15(16)11-9-14/h3,8-11,13,17H,1,4-7,12H2,2H3. The van der Waals surface area contributed by atoms with E-state index >= 15 is 0 Å². The fraction of sp³-hybridized carbons (Fsp3) is 0.467. The van der Waals surface area contributed by atoms with Crippen molar-refractivity contribution in [2.75, 3.05) is 6.54 Å². The number of hydrogen-bond acceptors (Lipinski definition) is 1. The molecule has 0 aliphatic rings. The lowest BCUT2D eigenvalue weighted by Gasteiger charge is -2.14. The summed E-state index contributed by atoms with van der Waals surface area (Å²) in [7, 11) is 0. The first-order valence-electron chi connectivity index (χ1n) is 6.34. The lowest BCUT2D eigenvalue weighted by atomic mass is 10.1. The molecule has 1 N–H and O–H groups in total. The average molecular weight is 235 g/mol. The van der Waals surface area contributed by atoms with Crippen LogP contribution in [0.4, 0.5) is 4.39 Å². The molecule has 0 aromatic heterocycles. The number of nitrogens with one attached hydrogen (secondary N) is 1. The highest BCUT2D eigenvalue weighted by molar-refractivity contribution is 5.19. The van der Waals surface area contributed by atoms with E-state index in [9.17, 15) is 4.39 Å². The second kappa shape index (κ2) is 8.02. The maximum Gasteiger partial charge on any atom is 0.123 e. The van der Waals surface area contributed by atoms with Crippen molar-refractivity contribution >= 4 is 0 Å². The molecule has 1 rings (SSSR count). The molecule has 0 saturated heterocycles. The zero-order valence-corrected chi connectivity index (χ0v) is 10.6. The fourth-order valence-electron chi connectivity index (χ4n) is 1.78. The first kappa shape index (κ1) is 13.9. The van der Waals surface area contributed by atoms with Crippen LogP contribution in [0.15, 0.2) is 36.9 Å². The molecule has 2 heteroatoms. The van der Waals surface area contributed by atoms with Gasteiger partial charge < -0.3 is 5.32 Å². The van der Waals surface area contributed by atoms with E-state index in [-0.39, 0.29) is 11.9 Å². The first-order chi connectivity index (χ1) is 8.24. The van der Waals surface area contributed by atoms with Crippen molar-refractivity contribution in [2.24, 2.45) is 0 Å². The highest BCUT2D eigenvalue weighted by Crippen LogP contribution is 2.12. The molecular weight excluding hydrogens is 213 g/mol. The van der Waals surface area contributed by atoms with Crippen LogP contribution in [-0.2, 0) is 0 Å². The summed E-state index contributed by atoms with van der Waals surface area (Å²) in [6.07, 6.45) is 6.70. The molecular formula is C15H22FN. The minimum absolute atomic E-state index is 0.176. The van der Waals surface area contributed by atoms with Crippen molar-refractivity contribution in [3.8, 4) is 0 Å². The zero-order chi connectivity index (χ0) is 12.5. The van der Waals surface area contributed by atoms with Crippen molar-refractivity contribution in [2.45, 2.75) is 38.6 Å². The van der Waals surface area contributed by atoms with Crippen molar-refractivity contribution in [3.63, 3.8) is 0 Å². The van der Waals surface area contributed by atoms with Gasteiger partial charge in [-0.25, -0.2) is 4.39 Å². The summed E-state index contributed by atoms with van der Waals surface area (Å²) < 4.78 is 12.7. The van der Waals surface area contributed by atoms with E-state index in [1.165, 1.54) is 31.4 Å². The topological polar surface area (TPSA) is 12.0 Å². The van der Waals surface area contributed by atoms with E-state index in [0.29, 0.717) is 0 Å². The normalized spacial score (nSPS) is 12.4. The Morgan fingerprint density at radius 1 is 1.24 bits per heavy atom. The summed E-state index contributed by atoms with van der Waals surface area (Å²) in [4.78, 5) is 0. The predicted octanol–water partition coefficient (Wildman–Crippen LogP) is 4.22. The minimum atomic E-state index is -0.176. The Morgan fingerprint density at radius 2 is 1.94 bits per heavy atom. The van der Waals surface area contributed by atoms with Gasteiger partial charge in [0, 0.05) is 6.04 Å². The summed E-state index contributed by atoms with van der Waals surface area (Å²) in [6.45, 7) is 6.82. The van der Waals surface area contributed by atoms with Gasteiger partial charge in [-0.1, -0.05) is 24.6 Å². The van der Waals surface area contributed by atoms with Crippen LogP contribution in [0, 0.1) is 5.82 Å². The molecule has 17 heavy (non-hydrogen) atoms. The number of benzene rings is 1. The van der Waals surface area contributed by atoms with Gasteiger partial charge in [0.2, 0.25) is 0 Å². The van der Waals surface area contributed by atoms with Gasteiger partial charge in [0.1, 0.15) is 5.82 Å². The third-order valence-electron chi connectivity index (χ3n) is 2.91. The van der Waals surface area contributed by atoms with Crippen LogP contribution < -0.4 is 5.32 Å². The van der Waals surface area contributed by atoms with E-state index in [4.69, 9.17) is 0 Å². The molecule has 0 saturated carbocycles. The van der Waals surface area contributed by atoms with Crippen LogP contribution in [0.5, 0.6) is 0 Å². The third kappa shape index (κ3) is 5.64. The number of unbranched alkanes of at least 4 members (excludes halogenated alkanes) is 3. The molecule has 1 nitrogen and oxygen atoms in total. The first-order valence-corrected chi connectivity index (χ1v) is 6.34. The van der Waals surface area contributed by atoms with Crippen LogP contribution >= 0.6 is 0 Å². The van der Waals surface area contributed by atoms with Crippen molar-refractivity contribution < 1.29 is 4.39 Å². The van der Waals surface area contributed by atoms with E-state index in [1.54, 1.807) is 0 Å². The lowest BCUT2D eigenvalue weighted by molar-refractivity contribution is 0.538. The summed E-state index contributed by atoms with van der Waals surface area (Å²) >= 11 is 0. The van der Waals surface area contributed by atoms with Crippen molar-refractivity contribution in [1.29, 1.82) is 0 Å².